The average molecular weight is 287 g/mol. The zero-order chi connectivity index (χ0) is 14.1. The summed E-state index contributed by atoms with van der Waals surface area (Å²) < 4.78 is 7.60. The van der Waals surface area contributed by atoms with Gasteiger partial charge in [0.15, 0.2) is 4.96 Å². The number of ether oxygens (including phenoxy) is 1. The second-order valence-electron chi connectivity index (χ2n) is 4.69. The van der Waals surface area contributed by atoms with E-state index >= 15 is 0 Å². The number of hydrogen-bond acceptors (Lipinski definition) is 4. The van der Waals surface area contributed by atoms with Crippen molar-refractivity contribution in [2.45, 2.75) is 20.3 Å². The Morgan fingerprint density at radius 2 is 2.05 bits per heavy atom. The largest absolute Gasteiger partial charge is 0.494 e. The fraction of sp³-hybridized carbons (Fsp3) is 0.267. The molecule has 0 saturated heterocycles. The number of aryl methyl sites for hydroxylation is 1. The zero-order valence-corrected chi connectivity index (χ0v) is 12.4. The summed E-state index contributed by atoms with van der Waals surface area (Å²) in [5, 5.41) is 2.08. The van der Waals surface area contributed by atoms with Crippen LogP contribution in [-0.2, 0) is 0 Å². The molecule has 0 radical (unpaired) electrons. The van der Waals surface area contributed by atoms with Crippen molar-refractivity contribution in [3.63, 3.8) is 0 Å². The maximum Gasteiger partial charge on any atom is 0.196 e. The zero-order valence-electron chi connectivity index (χ0n) is 11.6. The Hall–Kier alpha value is -2.01. The molecule has 0 unspecified atom stereocenters. The lowest BCUT2D eigenvalue weighted by Gasteiger charge is -2.06. The van der Waals surface area contributed by atoms with Gasteiger partial charge in [-0.3, -0.25) is 4.40 Å². The van der Waals surface area contributed by atoms with Crippen molar-refractivity contribution >= 4 is 22.1 Å². The molecule has 4 nitrogen and oxygen atoms in total. The van der Waals surface area contributed by atoms with Crippen molar-refractivity contribution in [3.05, 3.63) is 35.3 Å². The summed E-state index contributed by atoms with van der Waals surface area (Å²) in [7, 11) is 0. The van der Waals surface area contributed by atoms with Crippen LogP contribution in [0.5, 0.6) is 5.75 Å². The molecule has 0 atom stereocenters. The number of thiazole rings is 1. The number of anilines is 1. The molecule has 2 aromatic heterocycles. The first kappa shape index (κ1) is 13.0. The fourth-order valence-electron chi connectivity index (χ4n) is 2.13. The van der Waals surface area contributed by atoms with Crippen molar-refractivity contribution in [1.82, 2.24) is 9.38 Å². The summed E-state index contributed by atoms with van der Waals surface area (Å²) in [4.78, 5) is 5.38. The molecule has 5 heteroatoms. The Balaban J connectivity index is 1.98. The number of nitrogen functional groups attached to an aromatic ring is 1. The van der Waals surface area contributed by atoms with Gasteiger partial charge in [-0.25, -0.2) is 4.98 Å². The SMILES string of the molecule is CCCOc1ccc(-c2csc3nc(C)c(N)n23)cc1. The van der Waals surface area contributed by atoms with Crippen LogP contribution in [0.4, 0.5) is 5.82 Å². The summed E-state index contributed by atoms with van der Waals surface area (Å²) in [6.07, 6.45) is 1.01. The van der Waals surface area contributed by atoms with E-state index in [4.69, 9.17) is 10.5 Å². The summed E-state index contributed by atoms with van der Waals surface area (Å²) in [5.74, 6) is 1.61. The molecular weight excluding hydrogens is 270 g/mol. The molecule has 20 heavy (non-hydrogen) atoms. The maximum absolute atomic E-state index is 6.10. The smallest absolute Gasteiger partial charge is 0.196 e. The molecule has 2 N–H and O–H groups in total. The van der Waals surface area contributed by atoms with Gasteiger partial charge in [0.25, 0.3) is 0 Å². The molecule has 0 aliphatic rings. The third kappa shape index (κ3) is 2.14. The van der Waals surface area contributed by atoms with E-state index in [1.165, 1.54) is 0 Å². The quantitative estimate of drug-likeness (QED) is 0.795. The van der Waals surface area contributed by atoms with Gasteiger partial charge in [-0.2, -0.15) is 0 Å². The molecule has 0 spiro atoms. The molecule has 2 heterocycles. The molecule has 104 valence electrons. The first-order chi connectivity index (χ1) is 9.70. The number of aromatic nitrogens is 2. The maximum atomic E-state index is 6.10. The highest BCUT2D eigenvalue weighted by Gasteiger charge is 2.12. The second-order valence-corrected chi connectivity index (χ2v) is 5.53. The topological polar surface area (TPSA) is 52.5 Å². The van der Waals surface area contributed by atoms with E-state index < -0.39 is 0 Å². The van der Waals surface area contributed by atoms with Crippen molar-refractivity contribution in [3.8, 4) is 17.0 Å². The number of fused-ring (bicyclic) bond motifs is 1. The Morgan fingerprint density at radius 3 is 2.75 bits per heavy atom. The van der Waals surface area contributed by atoms with Crippen LogP contribution >= 0.6 is 11.3 Å². The van der Waals surface area contributed by atoms with Gasteiger partial charge in [0, 0.05) is 5.38 Å². The minimum atomic E-state index is 0.711. The van der Waals surface area contributed by atoms with Crippen LogP contribution in [0.25, 0.3) is 16.2 Å². The van der Waals surface area contributed by atoms with E-state index in [-0.39, 0.29) is 0 Å². The van der Waals surface area contributed by atoms with Crippen LogP contribution < -0.4 is 10.5 Å². The van der Waals surface area contributed by atoms with Crippen LogP contribution in [0, 0.1) is 6.92 Å². The van der Waals surface area contributed by atoms with E-state index in [0.29, 0.717) is 5.82 Å². The molecule has 0 saturated carbocycles. The Labute approximate surface area is 121 Å². The fourth-order valence-corrected chi connectivity index (χ4v) is 3.08. The number of rotatable bonds is 4. The van der Waals surface area contributed by atoms with Crippen molar-refractivity contribution in [2.24, 2.45) is 0 Å². The monoisotopic (exact) mass is 287 g/mol. The van der Waals surface area contributed by atoms with Crippen LogP contribution in [0.2, 0.25) is 0 Å². The van der Waals surface area contributed by atoms with Crippen molar-refractivity contribution in [2.75, 3.05) is 12.3 Å². The Bertz CT molecular complexity index is 727. The van der Waals surface area contributed by atoms with Crippen LogP contribution in [-0.4, -0.2) is 16.0 Å². The third-order valence-electron chi connectivity index (χ3n) is 3.21. The number of nitrogens with zero attached hydrogens (tertiary/aromatic N) is 2. The predicted octanol–water partition coefficient (Wildman–Crippen LogP) is 3.74. The number of nitrogens with two attached hydrogens (primary N) is 1. The lowest BCUT2D eigenvalue weighted by molar-refractivity contribution is 0.317. The van der Waals surface area contributed by atoms with Gasteiger partial charge in [0.1, 0.15) is 11.6 Å². The molecule has 1 aromatic carbocycles. The minimum Gasteiger partial charge on any atom is -0.494 e. The summed E-state index contributed by atoms with van der Waals surface area (Å²) in [5.41, 5.74) is 9.16. The van der Waals surface area contributed by atoms with Crippen LogP contribution in [0.15, 0.2) is 29.6 Å². The van der Waals surface area contributed by atoms with E-state index in [1.807, 2.05) is 23.5 Å². The van der Waals surface area contributed by atoms with Crippen molar-refractivity contribution in [1.29, 1.82) is 0 Å². The van der Waals surface area contributed by atoms with Crippen LogP contribution in [0.3, 0.4) is 0 Å². The first-order valence-electron chi connectivity index (χ1n) is 6.66. The minimum absolute atomic E-state index is 0.711. The molecule has 0 amide bonds. The number of hydrogen-bond donors (Lipinski definition) is 1. The normalized spacial score (nSPS) is 11.1. The molecule has 0 aliphatic carbocycles. The van der Waals surface area contributed by atoms with E-state index in [2.05, 4.69) is 29.4 Å². The summed E-state index contributed by atoms with van der Waals surface area (Å²) in [6, 6.07) is 8.10. The van der Waals surface area contributed by atoms with E-state index in [1.54, 1.807) is 11.3 Å². The summed E-state index contributed by atoms with van der Waals surface area (Å²) >= 11 is 1.60. The average Bonchev–Trinajstić information content (AvgIpc) is 2.99. The van der Waals surface area contributed by atoms with Crippen LogP contribution in [0.1, 0.15) is 19.0 Å². The summed E-state index contributed by atoms with van der Waals surface area (Å²) in [6.45, 7) is 4.77. The van der Waals surface area contributed by atoms with Gasteiger partial charge in [-0.15, -0.1) is 11.3 Å². The predicted molar refractivity (Wildman–Crippen MR) is 83.4 cm³/mol. The van der Waals surface area contributed by atoms with Gasteiger partial charge < -0.3 is 10.5 Å². The second kappa shape index (κ2) is 5.17. The molecule has 3 aromatic rings. The lowest BCUT2D eigenvalue weighted by atomic mass is 10.1. The standard InChI is InChI=1S/C15H17N3OS/c1-3-8-19-12-6-4-11(5-7-12)13-9-20-15-17-10(2)14(16)18(13)15/h4-7,9H,3,8,16H2,1-2H3. The molecule has 0 bridgehead atoms. The van der Waals surface area contributed by atoms with Gasteiger partial charge in [0.2, 0.25) is 0 Å². The van der Waals surface area contributed by atoms with E-state index in [0.717, 1.165) is 40.7 Å². The third-order valence-corrected chi connectivity index (χ3v) is 4.03. The Morgan fingerprint density at radius 1 is 1.30 bits per heavy atom. The molecular formula is C15H17N3OS. The highest BCUT2D eigenvalue weighted by Crippen LogP contribution is 2.30. The van der Waals surface area contributed by atoms with Gasteiger partial charge in [-0.05, 0) is 43.2 Å². The molecule has 3 rings (SSSR count). The number of imidazole rings is 1. The molecule has 0 fully saturated rings. The van der Waals surface area contributed by atoms with Gasteiger partial charge in [-0.1, -0.05) is 6.92 Å². The number of benzene rings is 1. The highest BCUT2D eigenvalue weighted by molar-refractivity contribution is 7.15. The highest BCUT2D eigenvalue weighted by atomic mass is 32.1. The van der Waals surface area contributed by atoms with Gasteiger partial charge >= 0.3 is 0 Å². The molecule has 0 aliphatic heterocycles. The van der Waals surface area contributed by atoms with Crippen molar-refractivity contribution < 1.29 is 4.74 Å². The lowest BCUT2D eigenvalue weighted by Crippen LogP contribution is -1.96. The van der Waals surface area contributed by atoms with Gasteiger partial charge in [0.05, 0.1) is 18.0 Å². The Kier molecular flexibility index (Phi) is 3.36. The van der Waals surface area contributed by atoms with E-state index in [9.17, 15) is 0 Å². The first-order valence-corrected chi connectivity index (χ1v) is 7.54.